The summed E-state index contributed by atoms with van der Waals surface area (Å²) in [5.74, 6) is 0. The molecule has 0 aromatic rings. The zero-order chi connectivity index (χ0) is 12.5. The largest absolute Gasteiger partial charge is 0.394 e. The number of aliphatic hydroxyl groups is 2. The Kier molecular flexibility index (Phi) is 4.08. The Labute approximate surface area is 104 Å². The van der Waals surface area contributed by atoms with Gasteiger partial charge in [0, 0.05) is 19.1 Å². The van der Waals surface area contributed by atoms with Crippen molar-refractivity contribution in [3.05, 3.63) is 0 Å². The first kappa shape index (κ1) is 13.3. The molecule has 0 aromatic carbocycles. The summed E-state index contributed by atoms with van der Waals surface area (Å²) < 4.78 is 5.81. The maximum Gasteiger partial charge on any atom is 0.0940 e. The molecule has 2 fully saturated rings. The van der Waals surface area contributed by atoms with Gasteiger partial charge in [0.15, 0.2) is 0 Å². The topological polar surface area (TPSA) is 52.9 Å². The Morgan fingerprint density at radius 1 is 1.29 bits per heavy atom. The van der Waals surface area contributed by atoms with E-state index in [9.17, 15) is 10.2 Å². The molecule has 4 heteroatoms. The molecule has 0 radical (unpaired) electrons. The van der Waals surface area contributed by atoms with Crippen molar-refractivity contribution in [2.45, 2.75) is 63.4 Å². The molecule has 1 saturated carbocycles. The maximum absolute atomic E-state index is 10.1. The predicted octanol–water partition coefficient (Wildman–Crippen LogP) is 0.762. The Balaban J connectivity index is 2.03. The van der Waals surface area contributed by atoms with E-state index in [2.05, 4.69) is 18.7 Å². The van der Waals surface area contributed by atoms with Crippen LogP contribution in [0.1, 0.15) is 39.5 Å². The van der Waals surface area contributed by atoms with Gasteiger partial charge in [0.05, 0.1) is 24.4 Å². The molecule has 4 nitrogen and oxygen atoms in total. The Morgan fingerprint density at radius 3 is 2.65 bits per heavy atom. The van der Waals surface area contributed by atoms with E-state index in [0.717, 1.165) is 32.4 Å². The quantitative estimate of drug-likeness (QED) is 0.752. The summed E-state index contributed by atoms with van der Waals surface area (Å²) in [6, 6.07) is 0.251. The monoisotopic (exact) mass is 243 g/mol. The zero-order valence-electron chi connectivity index (χ0n) is 10.9. The summed E-state index contributed by atoms with van der Waals surface area (Å²) >= 11 is 0. The van der Waals surface area contributed by atoms with Crippen LogP contribution in [0.4, 0.5) is 0 Å². The molecule has 1 saturated heterocycles. The molecule has 17 heavy (non-hydrogen) atoms. The summed E-state index contributed by atoms with van der Waals surface area (Å²) in [7, 11) is 0. The van der Waals surface area contributed by atoms with Crippen molar-refractivity contribution >= 4 is 0 Å². The van der Waals surface area contributed by atoms with E-state index in [1.807, 2.05) is 0 Å². The second kappa shape index (κ2) is 5.22. The summed E-state index contributed by atoms with van der Waals surface area (Å²) in [6.07, 6.45) is 3.98. The Hall–Kier alpha value is -0.160. The van der Waals surface area contributed by atoms with Gasteiger partial charge in [-0.1, -0.05) is 12.8 Å². The van der Waals surface area contributed by atoms with Gasteiger partial charge in [-0.05, 0) is 26.7 Å². The third-order valence-corrected chi connectivity index (χ3v) is 3.87. The fourth-order valence-corrected chi connectivity index (χ4v) is 3.21. The summed E-state index contributed by atoms with van der Waals surface area (Å²) in [5, 5.41) is 19.4. The summed E-state index contributed by atoms with van der Waals surface area (Å²) in [5.41, 5.74) is -0.233. The molecule has 0 aromatic heterocycles. The fourth-order valence-electron chi connectivity index (χ4n) is 3.21. The highest BCUT2D eigenvalue weighted by atomic mass is 16.5. The normalized spacial score (nSPS) is 39.2. The van der Waals surface area contributed by atoms with Crippen molar-refractivity contribution in [3.63, 3.8) is 0 Å². The van der Waals surface area contributed by atoms with Crippen LogP contribution in [0, 0.1) is 0 Å². The second-order valence-corrected chi connectivity index (χ2v) is 6.03. The molecule has 1 unspecified atom stereocenters. The number of morpholine rings is 1. The minimum atomic E-state index is -0.233. The molecule has 100 valence electrons. The zero-order valence-corrected chi connectivity index (χ0v) is 10.9. The predicted molar refractivity (Wildman–Crippen MR) is 65.9 cm³/mol. The van der Waals surface area contributed by atoms with Gasteiger partial charge in [0.2, 0.25) is 0 Å². The SMILES string of the molecule is CC1(C)CN([C@H]2CCCC[C@@H]2O)CC(CO)O1. The smallest absolute Gasteiger partial charge is 0.0940 e. The maximum atomic E-state index is 10.1. The van der Waals surface area contributed by atoms with Crippen LogP contribution in [0.2, 0.25) is 0 Å². The molecule has 0 spiro atoms. The standard InChI is InChI=1S/C13H25NO3/c1-13(2)9-14(7-10(8-15)17-13)11-5-3-4-6-12(11)16/h10-12,15-16H,3-9H2,1-2H3/t10?,11-,12-/m0/s1. The van der Waals surface area contributed by atoms with Gasteiger partial charge >= 0.3 is 0 Å². The molecule has 1 aliphatic heterocycles. The van der Waals surface area contributed by atoms with Gasteiger partial charge in [0.25, 0.3) is 0 Å². The van der Waals surface area contributed by atoms with Gasteiger partial charge in [-0.25, -0.2) is 0 Å². The molecule has 2 N–H and O–H groups in total. The first-order chi connectivity index (χ1) is 8.02. The lowest BCUT2D eigenvalue weighted by molar-refractivity contribution is -0.167. The van der Waals surface area contributed by atoms with E-state index >= 15 is 0 Å². The number of aliphatic hydroxyl groups excluding tert-OH is 2. The average molecular weight is 243 g/mol. The summed E-state index contributed by atoms with van der Waals surface area (Å²) in [6.45, 7) is 5.74. The highest BCUT2D eigenvalue weighted by Gasteiger charge is 2.38. The number of nitrogens with zero attached hydrogens (tertiary/aromatic N) is 1. The first-order valence-corrected chi connectivity index (χ1v) is 6.72. The highest BCUT2D eigenvalue weighted by Crippen LogP contribution is 2.29. The number of ether oxygens (including phenoxy) is 1. The first-order valence-electron chi connectivity index (χ1n) is 6.72. The van der Waals surface area contributed by atoms with Crippen LogP contribution in [-0.2, 0) is 4.74 Å². The van der Waals surface area contributed by atoms with E-state index in [1.54, 1.807) is 0 Å². The molecule has 2 rings (SSSR count). The van der Waals surface area contributed by atoms with Crippen molar-refractivity contribution in [2.75, 3.05) is 19.7 Å². The fraction of sp³-hybridized carbons (Fsp3) is 1.00. The van der Waals surface area contributed by atoms with Crippen LogP contribution < -0.4 is 0 Å². The average Bonchev–Trinajstić information content (AvgIpc) is 2.27. The van der Waals surface area contributed by atoms with E-state index in [0.29, 0.717) is 0 Å². The van der Waals surface area contributed by atoms with Crippen LogP contribution >= 0.6 is 0 Å². The third-order valence-electron chi connectivity index (χ3n) is 3.87. The Bertz CT molecular complexity index is 257. The van der Waals surface area contributed by atoms with E-state index in [-0.39, 0.29) is 30.5 Å². The minimum absolute atomic E-state index is 0.0583. The molecule has 3 atom stereocenters. The molecule has 1 heterocycles. The highest BCUT2D eigenvalue weighted by molar-refractivity contribution is 4.91. The van der Waals surface area contributed by atoms with Crippen LogP contribution in [0.5, 0.6) is 0 Å². The number of hydrogen-bond acceptors (Lipinski definition) is 4. The van der Waals surface area contributed by atoms with Gasteiger partial charge in [-0.2, -0.15) is 0 Å². The van der Waals surface area contributed by atoms with Gasteiger partial charge in [0.1, 0.15) is 0 Å². The summed E-state index contributed by atoms with van der Waals surface area (Å²) in [4.78, 5) is 2.31. The molecule has 2 aliphatic rings. The van der Waals surface area contributed by atoms with Gasteiger partial charge in [-0.15, -0.1) is 0 Å². The molecular formula is C13H25NO3. The number of rotatable bonds is 2. The van der Waals surface area contributed by atoms with Crippen molar-refractivity contribution in [1.82, 2.24) is 4.90 Å². The minimum Gasteiger partial charge on any atom is -0.394 e. The van der Waals surface area contributed by atoms with Crippen LogP contribution in [0.25, 0.3) is 0 Å². The Morgan fingerprint density at radius 2 is 2.00 bits per heavy atom. The van der Waals surface area contributed by atoms with Crippen molar-refractivity contribution in [3.8, 4) is 0 Å². The lowest BCUT2D eigenvalue weighted by Crippen LogP contribution is -2.59. The molecule has 1 aliphatic carbocycles. The second-order valence-electron chi connectivity index (χ2n) is 6.03. The van der Waals surface area contributed by atoms with E-state index < -0.39 is 0 Å². The molecule has 0 bridgehead atoms. The van der Waals surface area contributed by atoms with Crippen molar-refractivity contribution < 1.29 is 14.9 Å². The third kappa shape index (κ3) is 3.19. The van der Waals surface area contributed by atoms with Crippen molar-refractivity contribution in [2.24, 2.45) is 0 Å². The van der Waals surface area contributed by atoms with Crippen LogP contribution in [0.3, 0.4) is 0 Å². The lowest BCUT2D eigenvalue weighted by Gasteiger charge is -2.47. The van der Waals surface area contributed by atoms with Crippen LogP contribution in [-0.4, -0.2) is 58.7 Å². The lowest BCUT2D eigenvalue weighted by atomic mass is 9.89. The van der Waals surface area contributed by atoms with E-state index in [4.69, 9.17) is 4.74 Å². The van der Waals surface area contributed by atoms with E-state index in [1.165, 1.54) is 6.42 Å². The number of hydrogen-bond donors (Lipinski definition) is 2. The molecular weight excluding hydrogens is 218 g/mol. The molecule has 0 amide bonds. The van der Waals surface area contributed by atoms with Gasteiger partial charge in [-0.3, -0.25) is 4.90 Å². The van der Waals surface area contributed by atoms with Crippen LogP contribution in [0.15, 0.2) is 0 Å². The van der Waals surface area contributed by atoms with Crippen molar-refractivity contribution in [1.29, 1.82) is 0 Å². The van der Waals surface area contributed by atoms with Gasteiger partial charge < -0.3 is 14.9 Å².